The summed E-state index contributed by atoms with van der Waals surface area (Å²) in [7, 11) is 0. The fourth-order valence-corrected chi connectivity index (χ4v) is 10.3. The number of aliphatic hydroxyl groups is 2. The van der Waals surface area contributed by atoms with Gasteiger partial charge in [0.25, 0.3) is 0 Å². The molecule has 71 heavy (non-hydrogen) atoms. The number of allylic oxidation sites excluding steroid dienone is 2. The third-order valence-corrected chi connectivity index (χ3v) is 15.3. The molecule has 0 saturated carbocycles. The minimum absolute atomic E-state index is 0.00570. The number of nitrogens with one attached hydrogen (secondary N) is 1. The van der Waals surface area contributed by atoms with Gasteiger partial charge in [0.05, 0.1) is 25.4 Å². The Balaban J connectivity index is 3.43. The molecule has 0 radical (unpaired) electrons. The zero-order valence-corrected chi connectivity index (χ0v) is 48.2. The molecule has 0 aliphatic carbocycles. The first kappa shape index (κ1) is 69.6. The number of hydrogen-bond acceptors (Lipinski definition) is 5. The first-order valence-corrected chi connectivity index (χ1v) is 32.4. The predicted octanol–water partition coefficient (Wildman–Crippen LogP) is 20.4. The summed E-state index contributed by atoms with van der Waals surface area (Å²) in [6, 6.07) is -0.549. The topological polar surface area (TPSA) is 95.9 Å². The molecule has 0 aromatic rings. The Kier molecular flexibility index (Phi) is 59.9. The average Bonchev–Trinajstić information content (AvgIpc) is 3.37. The van der Waals surface area contributed by atoms with E-state index < -0.39 is 12.1 Å². The second kappa shape index (κ2) is 61.1. The Bertz CT molecular complexity index is 1060. The van der Waals surface area contributed by atoms with E-state index >= 15 is 0 Å². The van der Waals surface area contributed by atoms with E-state index in [-0.39, 0.29) is 18.5 Å². The van der Waals surface area contributed by atoms with Gasteiger partial charge in [-0.2, -0.15) is 0 Å². The normalized spacial score (nSPS) is 12.6. The van der Waals surface area contributed by atoms with Crippen molar-refractivity contribution in [1.82, 2.24) is 5.32 Å². The molecule has 6 heteroatoms. The van der Waals surface area contributed by atoms with Crippen LogP contribution in [0.1, 0.15) is 367 Å². The number of unbranched alkanes of at least 4 members (excludes halogenated alkanes) is 48. The minimum Gasteiger partial charge on any atom is -0.466 e. The third-order valence-electron chi connectivity index (χ3n) is 15.3. The van der Waals surface area contributed by atoms with E-state index in [1.807, 2.05) is 0 Å². The van der Waals surface area contributed by atoms with Crippen molar-refractivity contribution < 1.29 is 24.5 Å². The van der Waals surface area contributed by atoms with Gasteiger partial charge in [-0.15, -0.1) is 0 Å². The monoisotopic (exact) mass is 1000 g/mol. The number of hydrogen-bond donors (Lipinski definition) is 3. The van der Waals surface area contributed by atoms with Crippen LogP contribution in [0, 0.1) is 0 Å². The third kappa shape index (κ3) is 57.7. The zero-order chi connectivity index (χ0) is 51.4. The van der Waals surface area contributed by atoms with Crippen molar-refractivity contribution in [2.24, 2.45) is 0 Å². The molecule has 0 aliphatic heterocycles. The first-order chi connectivity index (χ1) is 35.0. The van der Waals surface area contributed by atoms with Crippen LogP contribution in [0.3, 0.4) is 0 Å². The van der Waals surface area contributed by atoms with Crippen LogP contribution >= 0.6 is 0 Å². The number of carbonyl (C=O) groups excluding carboxylic acids is 2. The van der Waals surface area contributed by atoms with Gasteiger partial charge in [-0.25, -0.2) is 0 Å². The van der Waals surface area contributed by atoms with Crippen LogP contribution in [0.2, 0.25) is 0 Å². The van der Waals surface area contributed by atoms with E-state index in [1.54, 1.807) is 0 Å². The number of ether oxygens (including phenoxy) is 1. The predicted molar refractivity (Wildman–Crippen MR) is 310 cm³/mol. The lowest BCUT2D eigenvalue weighted by molar-refractivity contribution is -0.143. The van der Waals surface area contributed by atoms with Crippen molar-refractivity contribution in [2.75, 3.05) is 13.2 Å². The Hall–Kier alpha value is -1.40. The summed E-state index contributed by atoms with van der Waals surface area (Å²) in [4.78, 5) is 24.5. The number of esters is 1. The summed E-state index contributed by atoms with van der Waals surface area (Å²) in [6.45, 7) is 4.97. The highest BCUT2D eigenvalue weighted by molar-refractivity contribution is 5.76. The van der Waals surface area contributed by atoms with Crippen LogP contribution in [0.4, 0.5) is 0 Å². The number of aliphatic hydroxyl groups excluding tert-OH is 2. The van der Waals surface area contributed by atoms with Gasteiger partial charge in [-0.05, 0) is 51.4 Å². The van der Waals surface area contributed by atoms with Crippen molar-refractivity contribution >= 4 is 11.9 Å². The van der Waals surface area contributed by atoms with Gasteiger partial charge in [0.1, 0.15) is 0 Å². The van der Waals surface area contributed by atoms with E-state index in [1.165, 1.54) is 289 Å². The van der Waals surface area contributed by atoms with Crippen LogP contribution < -0.4 is 5.32 Å². The maximum absolute atomic E-state index is 12.5. The van der Waals surface area contributed by atoms with Gasteiger partial charge in [0, 0.05) is 12.8 Å². The lowest BCUT2D eigenvalue weighted by Crippen LogP contribution is -2.45. The van der Waals surface area contributed by atoms with E-state index in [4.69, 9.17) is 4.74 Å². The van der Waals surface area contributed by atoms with Gasteiger partial charge >= 0.3 is 5.97 Å². The van der Waals surface area contributed by atoms with Crippen LogP contribution in [0.5, 0.6) is 0 Å². The van der Waals surface area contributed by atoms with Gasteiger partial charge in [-0.1, -0.05) is 315 Å². The summed E-state index contributed by atoms with van der Waals surface area (Å²) in [6.07, 6.45) is 73.7. The van der Waals surface area contributed by atoms with E-state index in [0.717, 1.165) is 44.9 Å². The molecular formula is C65H127NO5. The highest BCUT2D eigenvalue weighted by Gasteiger charge is 2.20. The number of amides is 1. The molecule has 0 aliphatic rings. The molecule has 0 spiro atoms. The molecule has 0 fully saturated rings. The van der Waals surface area contributed by atoms with Gasteiger partial charge < -0.3 is 20.3 Å². The van der Waals surface area contributed by atoms with Gasteiger partial charge in [0.2, 0.25) is 5.91 Å². The van der Waals surface area contributed by atoms with Crippen molar-refractivity contribution in [2.45, 2.75) is 379 Å². The van der Waals surface area contributed by atoms with Crippen LogP contribution in [-0.4, -0.2) is 47.4 Å². The molecule has 0 aromatic carbocycles. The summed E-state index contributed by atoms with van der Waals surface area (Å²) in [5, 5.41) is 23.4. The maximum atomic E-state index is 12.5. The summed E-state index contributed by atoms with van der Waals surface area (Å²) in [5.74, 6) is -0.0344. The highest BCUT2D eigenvalue weighted by atomic mass is 16.5. The fraction of sp³-hybridized carbons (Fsp3) is 0.938. The molecule has 6 nitrogen and oxygen atoms in total. The van der Waals surface area contributed by atoms with E-state index in [0.29, 0.717) is 25.9 Å². The Morgan fingerprint density at radius 3 is 1.00 bits per heavy atom. The molecule has 0 heterocycles. The maximum Gasteiger partial charge on any atom is 0.305 e. The van der Waals surface area contributed by atoms with Crippen LogP contribution in [0.25, 0.3) is 0 Å². The minimum atomic E-state index is -0.671. The molecule has 0 bridgehead atoms. The van der Waals surface area contributed by atoms with Crippen LogP contribution in [0.15, 0.2) is 12.2 Å². The summed E-state index contributed by atoms with van der Waals surface area (Å²) in [5.41, 5.74) is 0. The Labute approximate surface area is 444 Å². The quantitative estimate of drug-likeness (QED) is 0.0320. The van der Waals surface area contributed by atoms with Gasteiger partial charge in [-0.3, -0.25) is 9.59 Å². The van der Waals surface area contributed by atoms with Crippen molar-refractivity contribution in [3.05, 3.63) is 12.2 Å². The molecule has 0 aromatic heterocycles. The molecule has 1 amide bonds. The second-order valence-corrected chi connectivity index (χ2v) is 22.5. The first-order valence-electron chi connectivity index (χ1n) is 32.4. The molecule has 422 valence electrons. The molecule has 2 atom stereocenters. The standard InChI is InChI=1S/C65H127NO5/c1-3-5-7-9-11-13-15-17-18-19-20-21-22-23-25-28-31-34-37-41-45-49-53-57-63(68)62(61-67)66-64(69)58-54-50-46-42-38-35-32-29-26-24-27-30-33-36-40-44-48-52-56-60-71-65(70)59-55-51-47-43-39-16-14-12-10-8-6-4-2/h24,26,62-63,67-68H,3-23,25,27-61H2,1-2H3,(H,66,69)/b26-24-. The second-order valence-electron chi connectivity index (χ2n) is 22.5. The Morgan fingerprint density at radius 2 is 0.662 bits per heavy atom. The van der Waals surface area contributed by atoms with Crippen molar-refractivity contribution in [3.8, 4) is 0 Å². The Morgan fingerprint density at radius 1 is 0.380 bits per heavy atom. The molecule has 2 unspecified atom stereocenters. The SMILES string of the molecule is CCCCCCCCCCCCCCCCCCCCCCCCCC(O)C(CO)NC(=O)CCCCCCCCC/C=C\CCCCCCCCCCOC(=O)CCCCCCCCCCCCCC. The van der Waals surface area contributed by atoms with Crippen molar-refractivity contribution in [1.29, 1.82) is 0 Å². The average molecular weight is 1000 g/mol. The zero-order valence-electron chi connectivity index (χ0n) is 48.2. The summed E-state index contributed by atoms with van der Waals surface area (Å²) >= 11 is 0. The van der Waals surface area contributed by atoms with E-state index in [2.05, 4.69) is 31.3 Å². The highest BCUT2D eigenvalue weighted by Crippen LogP contribution is 2.18. The molecule has 0 saturated heterocycles. The summed E-state index contributed by atoms with van der Waals surface area (Å²) < 4.78 is 5.47. The lowest BCUT2D eigenvalue weighted by Gasteiger charge is -2.22. The van der Waals surface area contributed by atoms with Gasteiger partial charge in [0.15, 0.2) is 0 Å². The van der Waals surface area contributed by atoms with Crippen LogP contribution in [-0.2, 0) is 14.3 Å². The fourth-order valence-electron chi connectivity index (χ4n) is 10.3. The number of carbonyl (C=O) groups is 2. The number of rotatable bonds is 61. The lowest BCUT2D eigenvalue weighted by atomic mass is 10.0. The smallest absolute Gasteiger partial charge is 0.305 e. The van der Waals surface area contributed by atoms with Crippen molar-refractivity contribution in [3.63, 3.8) is 0 Å². The molecular weight excluding hydrogens is 875 g/mol. The van der Waals surface area contributed by atoms with E-state index in [9.17, 15) is 19.8 Å². The molecule has 3 N–H and O–H groups in total. The largest absolute Gasteiger partial charge is 0.466 e. The molecule has 0 rings (SSSR count).